The molecule has 1 saturated heterocycles. The van der Waals surface area contributed by atoms with Crippen molar-refractivity contribution in [3.05, 3.63) is 28.7 Å². The van der Waals surface area contributed by atoms with Crippen LogP contribution < -0.4 is 5.01 Å². The fourth-order valence-electron chi connectivity index (χ4n) is 2.57. The van der Waals surface area contributed by atoms with Crippen LogP contribution in [-0.4, -0.2) is 37.5 Å². The topological polar surface area (TPSA) is 51.1 Å². The first-order valence-corrected chi connectivity index (χ1v) is 7.38. The highest BCUT2D eigenvalue weighted by Gasteiger charge is 2.45. The third kappa shape index (κ3) is 2.33. The number of hydrogen-bond acceptors (Lipinski definition) is 5. The molecule has 2 unspecified atom stereocenters. The molecule has 2 aliphatic rings. The molecule has 0 amide bonds. The largest absolute Gasteiger partial charge is 0.461 e. The van der Waals surface area contributed by atoms with Crippen molar-refractivity contribution in [1.82, 2.24) is 0 Å². The number of nitrogens with zero attached hydrogens (tertiary/aromatic N) is 2. The Kier molecular flexibility index (Phi) is 3.76. The van der Waals surface area contributed by atoms with Gasteiger partial charge in [-0.05, 0) is 25.1 Å². The third-order valence-corrected chi connectivity index (χ3v) is 3.98. The van der Waals surface area contributed by atoms with E-state index in [2.05, 4.69) is 21.0 Å². The van der Waals surface area contributed by atoms with Crippen molar-refractivity contribution in [1.29, 1.82) is 0 Å². The molecule has 2 heterocycles. The van der Waals surface area contributed by atoms with Crippen molar-refractivity contribution >= 4 is 33.3 Å². The minimum Gasteiger partial charge on any atom is -0.461 e. The summed E-state index contributed by atoms with van der Waals surface area (Å²) in [6.45, 7) is 3.24. The smallest absolute Gasteiger partial charge is 0.354 e. The van der Waals surface area contributed by atoms with Crippen LogP contribution in [0.5, 0.6) is 0 Å². The summed E-state index contributed by atoms with van der Waals surface area (Å²) in [4.78, 5) is 12.0. The SMILES string of the molecule is CCOC(=O)C1=NN(c2cccc(Br)c2)C2COCC12. The van der Waals surface area contributed by atoms with Crippen molar-refractivity contribution in [2.24, 2.45) is 11.0 Å². The molecule has 3 rings (SSSR count). The molecule has 20 heavy (non-hydrogen) atoms. The van der Waals surface area contributed by atoms with E-state index in [4.69, 9.17) is 9.47 Å². The molecular weight excluding hydrogens is 324 g/mol. The molecule has 2 atom stereocenters. The van der Waals surface area contributed by atoms with Crippen LogP contribution in [0.25, 0.3) is 0 Å². The summed E-state index contributed by atoms with van der Waals surface area (Å²) in [5.74, 6) is -0.349. The molecule has 0 aliphatic carbocycles. The lowest BCUT2D eigenvalue weighted by Gasteiger charge is -2.21. The summed E-state index contributed by atoms with van der Waals surface area (Å²) in [5.41, 5.74) is 1.41. The third-order valence-electron chi connectivity index (χ3n) is 3.49. The Bertz CT molecular complexity index is 561. The molecule has 5 nitrogen and oxygen atoms in total. The number of esters is 1. The Hall–Kier alpha value is -1.40. The molecule has 1 aromatic rings. The van der Waals surface area contributed by atoms with Gasteiger partial charge in [-0.25, -0.2) is 4.79 Å². The minimum atomic E-state index is -0.342. The lowest BCUT2D eigenvalue weighted by atomic mass is 9.99. The van der Waals surface area contributed by atoms with Crippen molar-refractivity contribution in [2.45, 2.75) is 13.0 Å². The van der Waals surface area contributed by atoms with E-state index in [1.165, 1.54) is 0 Å². The van der Waals surface area contributed by atoms with Gasteiger partial charge in [0.05, 0.1) is 37.5 Å². The van der Waals surface area contributed by atoms with Gasteiger partial charge in [0.2, 0.25) is 0 Å². The van der Waals surface area contributed by atoms with E-state index in [1.54, 1.807) is 6.92 Å². The van der Waals surface area contributed by atoms with Crippen LogP contribution in [0.1, 0.15) is 6.92 Å². The van der Waals surface area contributed by atoms with E-state index in [9.17, 15) is 4.79 Å². The molecule has 0 saturated carbocycles. The Labute approximate surface area is 125 Å². The summed E-state index contributed by atoms with van der Waals surface area (Å²) < 4.78 is 11.6. The number of carbonyl (C=O) groups excluding carboxylic acids is 1. The first-order valence-electron chi connectivity index (χ1n) is 6.59. The highest BCUT2D eigenvalue weighted by molar-refractivity contribution is 9.10. The Morgan fingerprint density at radius 3 is 3.15 bits per heavy atom. The molecule has 6 heteroatoms. The summed E-state index contributed by atoms with van der Waals surface area (Å²) in [6.07, 6.45) is 0. The van der Waals surface area contributed by atoms with E-state index in [1.807, 2.05) is 29.3 Å². The number of anilines is 1. The number of hydrazone groups is 1. The number of fused-ring (bicyclic) bond motifs is 1. The molecule has 0 bridgehead atoms. The van der Waals surface area contributed by atoms with Crippen molar-refractivity contribution in [3.8, 4) is 0 Å². The van der Waals surface area contributed by atoms with E-state index < -0.39 is 0 Å². The predicted octanol–water partition coefficient (Wildman–Crippen LogP) is 2.20. The summed E-state index contributed by atoms with van der Waals surface area (Å²) >= 11 is 3.45. The minimum absolute atomic E-state index is 0.00645. The number of rotatable bonds is 3. The lowest BCUT2D eigenvalue weighted by Crippen LogP contribution is -2.34. The van der Waals surface area contributed by atoms with Gasteiger partial charge in [0.25, 0.3) is 0 Å². The van der Waals surface area contributed by atoms with Gasteiger partial charge in [-0.1, -0.05) is 22.0 Å². The second-order valence-corrected chi connectivity index (χ2v) is 5.66. The second kappa shape index (κ2) is 5.54. The van der Waals surface area contributed by atoms with Crippen LogP contribution >= 0.6 is 15.9 Å². The number of hydrogen-bond donors (Lipinski definition) is 0. The first-order chi connectivity index (χ1) is 9.70. The van der Waals surface area contributed by atoms with Gasteiger partial charge >= 0.3 is 5.97 Å². The summed E-state index contributed by atoms with van der Waals surface area (Å²) in [5, 5.41) is 6.35. The molecule has 0 spiro atoms. The van der Waals surface area contributed by atoms with Crippen LogP contribution in [0.2, 0.25) is 0 Å². The monoisotopic (exact) mass is 338 g/mol. The van der Waals surface area contributed by atoms with Crippen LogP contribution in [0.3, 0.4) is 0 Å². The number of benzene rings is 1. The lowest BCUT2D eigenvalue weighted by molar-refractivity contribution is -0.135. The van der Waals surface area contributed by atoms with Crippen LogP contribution in [0.15, 0.2) is 33.8 Å². The average Bonchev–Trinajstić information content (AvgIpc) is 3.00. The average molecular weight is 339 g/mol. The zero-order valence-electron chi connectivity index (χ0n) is 11.1. The van der Waals surface area contributed by atoms with Gasteiger partial charge < -0.3 is 9.47 Å². The van der Waals surface area contributed by atoms with Crippen molar-refractivity contribution in [3.63, 3.8) is 0 Å². The van der Waals surface area contributed by atoms with Gasteiger partial charge in [-0.15, -0.1) is 0 Å². The Morgan fingerprint density at radius 1 is 1.55 bits per heavy atom. The molecule has 0 N–H and O–H groups in total. The van der Waals surface area contributed by atoms with Crippen LogP contribution in [0, 0.1) is 5.92 Å². The maximum absolute atomic E-state index is 12.0. The van der Waals surface area contributed by atoms with Gasteiger partial charge in [0.15, 0.2) is 5.71 Å². The zero-order chi connectivity index (χ0) is 14.1. The van der Waals surface area contributed by atoms with E-state index in [0.717, 1.165) is 10.2 Å². The maximum atomic E-state index is 12.0. The van der Waals surface area contributed by atoms with Crippen LogP contribution in [-0.2, 0) is 14.3 Å². The van der Waals surface area contributed by atoms with Gasteiger partial charge in [0.1, 0.15) is 0 Å². The molecule has 2 aliphatic heterocycles. The molecular formula is C14H15BrN2O3. The zero-order valence-corrected chi connectivity index (χ0v) is 12.7. The Balaban J connectivity index is 1.93. The highest BCUT2D eigenvalue weighted by Crippen LogP contribution is 2.33. The van der Waals surface area contributed by atoms with Gasteiger partial charge in [0, 0.05) is 4.47 Å². The number of ether oxygens (including phenoxy) is 2. The van der Waals surface area contributed by atoms with Crippen LogP contribution in [0.4, 0.5) is 5.69 Å². The molecule has 1 aromatic carbocycles. The summed E-state index contributed by atoms with van der Waals surface area (Å²) in [6, 6.07) is 7.93. The first kappa shape index (κ1) is 13.6. The fourth-order valence-corrected chi connectivity index (χ4v) is 2.96. The Morgan fingerprint density at radius 2 is 2.40 bits per heavy atom. The second-order valence-electron chi connectivity index (χ2n) is 4.74. The quantitative estimate of drug-likeness (QED) is 0.793. The van der Waals surface area contributed by atoms with E-state index >= 15 is 0 Å². The van der Waals surface area contributed by atoms with Gasteiger partial charge in [-0.2, -0.15) is 5.10 Å². The van der Waals surface area contributed by atoms with Crippen molar-refractivity contribution in [2.75, 3.05) is 24.8 Å². The standard InChI is InChI=1S/C14H15BrN2O3/c1-2-20-14(18)13-11-7-19-8-12(11)17(16-13)10-5-3-4-9(15)6-10/h3-6,11-12H,2,7-8H2,1H3. The van der Waals surface area contributed by atoms with Gasteiger partial charge in [-0.3, -0.25) is 5.01 Å². The maximum Gasteiger partial charge on any atom is 0.354 e. The number of halogens is 1. The highest BCUT2D eigenvalue weighted by atomic mass is 79.9. The number of carbonyl (C=O) groups is 1. The normalized spacial score (nSPS) is 24.5. The summed E-state index contributed by atoms with van der Waals surface area (Å²) in [7, 11) is 0. The van der Waals surface area contributed by atoms with E-state index in [-0.39, 0.29) is 17.9 Å². The predicted molar refractivity (Wildman–Crippen MR) is 78.8 cm³/mol. The van der Waals surface area contributed by atoms with E-state index in [0.29, 0.717) is 25.5 Å². The molecule has 106 valence electrons. The fraction of sp³-hybridized carbons (Fsp3) is 0.429. The molecule has 1 fully saturated rings. The molecule has 0 radical (unpaired) electrons. The van der Waals surface area contributed by atoms with Crippen molar-refractivity contribution < 1.29 is 14.3 Å². The molecule has 0 aromatic heterocycles.